The molecule has 0 aliphatic heterocycles. The van der Waals surface area contributed by atoms with Gasteiger partial charge in [-0.1, -0.05) is 12.1 Å². The molecule has 0 spiro atoms. The Morgan fingerprint density at radius 1 is 0.949 bits per heavy atom. The molecular formula is C25H19F5N6O3. The van der Waals surface area contributed by atoms with Crippen molar-refractivity contribution in [2.24, 2.45) is 0 Å². The van der Waals surface area contributed by atoms with E-state index >= 15 is 0 Å². The van der Waals surface area contributed by atoms with Crippen molar-refractivity contribution >= 4 is 17.5 Å². The maximum Gasteiger partial charge on any atom is 0.435 e. The highest BCUT2D eigenvalue weighted by Gasteiger charge is 2.42. The number of aromatic nitrogens is 4. The highest BCUT2D eigenvalue weighted by molar-refractivity contribution is 6.03. The van der Waals surface area contributed by atoms with Crippen LogP contribution < -0.4 is 15.4 Å². The lowest BCUT2D eigenvalue weighted by atomic mass is 10.2. The zero-order valence-electron chi connectivity index (χ0n) is 20.1. The van der Waals surface area contributed by atoms with Crippen molar-refractivity contribution < 1.29 is 36.3 Å². The summed E-state index contributed by atoms with van der Waals surface area (Å²) in [5, 5.41) is 11.6. The number of nitrogens with one attached hydrogen (secondary N) is 2. The van der Waals surface area contributed by atoms with Gasteiger partial charge in [0.15, 0.2) is 23.0 Å². The summed E-state index contributed by atoms with van der Waals surface area (Å²) < 4.78 is 74.1. The smallest absolute Gasteiger partial charge is 0.435 e. The molecular weight excluding hydrogens is 527 g/mol. The molecule has 39 heavy (non-hydrogen) atoms. The molecule has 0 atom stereocenters. The Morgan fingerprint density at radius 2 is 1.69 bits per heavy atom. The van der Waals surface area contributed by atoms with E-state index in [0.29, 0.717) is 30.2 Å². The summed E-state index contributed by atoms with van der Waals surface area (Å²) in [5.41, 5.74) is -2.85. The third-order valence-corrected chi connectivity index (χ3v) is 5.15. The lowest BCUT2D eigenvalue weighted by Crippen LogP contribution is -2.24. The SMILES string of the molecule is CCCNC(=O)c1cc(Oc2ccc(NC(=O)c3nnn(-c4ccc(F)c(F)c4)c3C(F)(F)F)cc2)ccn1. The highest BCUT2D eigenvalue weighted by atomic mass is 19.4. The summed E-state index contributed by atoms with van der Waals surface area (Å²) in [6.45, 7) is 2.40. The Hall–Kier alpha value is -4.88. The minimum Gasteiger partial charge on any atom is -0.457 e. The third kappa shape index (κ3) is 6.34. The van der Waals surface area contributed by atoms with Crippen LogP contribution in [0.25, 0.3) is 5.69 Å². The first kappa shape index (κ1) is 27.2. The summed E-state index contributed by atoms with van der Waals surface area (Å²) in [4.78, 5) is 28.7. The van der Waals surface area contributed by atoms with E-state index in [4.69, 9.17) is 4.74 Å². The molecule has 2 amide bonds. The van der Waals surface area contributed by atoms with E-state index in [0.717, 1.165) is 12.5 Å². The standard InChI is InChI=1S/C25H19F5N6O3/c1-2-10-32-23(37)20-13-17(9-11-31-20)39-16-6-3-14(4-7-16)33-24(38)21-22(25(28,29)30)36(35-34-21)15-5-8-18(26)19(27)12-15/h3-9,11-13H,2,10H2,1H3,(H,32,37)(H,33,38). The number of benzene rings is 2. The van der Waals surface area contributed by atoms with Crippen molar-refractivity contribution in [3.63, 3.8) is 0 Å². The number of anilines is 1. The number of hydrogen-bond acceptors (Lipinski definition) is 6. The largest absolute Gasteiger partial charge is 0.457 e. The van der Waals surface area contributed by atoms with Gasteiger partial charge < -0.3 is 15.4 Å². The molecule has 2 aromatic carbocycles. The number of carbonyl (C=O) groups is 2. The Balaban J connectivity index is 1.50. The second kappa shape index (κ2) is 11.2. The summed E-state index contributed by atoms with van der Waals surface area (Å²) in [6, 6.07) is 10.6. The van der Waals surface area contributed by atoms with Crippen LogP contribution in [-0.4, -0.2) is 38.3 Å². The van der Waals surface area contributed by atoms with Gasteiger partial charge in [0.05, 0.1) is 5.69 Å². The minimum absolute atomic E-state index is 0.109. The van der Waals surface area contributed by atoms with Crippen molar-refractivity contribution in [3.8, 4) is 17.2 Å². The van der Waals surface area contributed by atoms with E-state index in [9.17, 15) is 31.5 Å². The first-order chi connectivity index (χ1) is 18.6. The Morgan fingerprint density at radius 3 is 2.36 bits per heavy atom. The van der Waals surface area contributed by atoms with Gasteiger partial charge in [0.25, 0.3) is 11.8 Å². The fourth-order valence-corrected chi connectivity index (χ4v) is 3.35. The minimum atomic E-state index is -5.10. The molecule has 0 fully saturated rings. The molecule has 0 unspecified atom stereocenters. The summed E-state index contributed by atoms with van der Waals surface area (Å²) in [7, 11) is 0. The second-order valence-corrected chi connectivity index (χ2v) is 8.01. The Labute approximate surface area is 217 Å². The molecule has 0 bridgehead atoms. The van der Waals surface area contributed by atoms with E-state index in [-0.39, 0.29) is 22.0 Å². The molecule has 0 saturated heterocycles. The van der Waals surface area contributed by atoms with Gasteiger partial charge in [0.1, 0.15) is 17.2 Å². The molecule has 9 nitrogen and oxygen atoms in total. The van der Waals surface area contributed by atoms with Gasteiger partial charge in [-0.25, -0.2) is 13.5 Å². The van der Waals surface area contributed by atoms with Gasteiger partial charge in [0, 0.05) is 30.6 Å². The predicted octanol–water partition coefficient (Wildman–Crippen LogP) is 5.14. The third-order valence-electron chi connectivity index (χ3n) is 5.15. The number of hydrogen-bond donors (Lipinski definition) is 2. The van der Waals surface area contributed by atoms with Gasteiger partial charge in [-0.15, -0.1) is 5.10 Å². The predicted molar refractivity (Wildman–Crippen MR) is 128 cm³/mol. The van der Waals surface area contributed by atoms with Crippen molar-refractivity contribution in [2.45, 2.75) is 19.5 Å². The molecule has 0 aliphatic rings. The maximum atomic E-state index is 13.8. The number of amides is 2. The number of carbonyl (C=O) groups excluding carboxylic acids is 2. The number of pyridine rings is 1. The number of halogens is 5. The van der Waals surface area contributed by atoms with Gasteiger partial charge in [-0.3, -0.25) is 14.6 Å². The fraction of sp³-hybridized carbons (Fsp3) is 0.160. The van der Waals surface area contributed by atoms with Crippen molar-refractivity contribution in [1.82, 2.24) is 25.3 Å². The summed E-state index contributed by atoms with van der Waals surface area (Å²) in [6.07, 6.45) is -2.94. The molecule has 2 N–H and O–H groups in total. The molecule has 0 radical (unpaired) electrons. The lowest BCUT2D eigenvalue weighted by Gasteiger charge is -2.12. The monoisotopic (exact) mass is 546 g/mol. The van der Waals surface area contributed by atoms with E-state index in [1.165, 1.54) is 42.6 Å². The van der Waals surface area contributed by atoms with Crippen LogP contribution in [0.2, 0.25) is 0 Å². The second-order valence-electron chi connectivity index (χ2n) is 8.01. The summed E-state index contributed by atoms with van der Waals surface area (Å²) in [5.74, 6) is -3.64. The molecule has 4 aromatic rings. The normalized spacial score (nSPS) is 11.2. The van der Waals surface area contributed by atoms with Crippen LogP contribution in [0.15, 0.2) is 60.8 Å². The number of alkyl halides is 3. The van der Waals surface area contributed by atoms with Crippen LogP contribution in [-0.2, 0) is 6.18 Å². The van der Waals surface area contributed by atoms with E-state index in [1.54, 1.807) is 0 Å². The zero-order chi connectivity index (χ0) is 28.2. The topological polar surface area (TPSA) is 111 Å². The van der Waals surface area contributed by atoms with Crippen LogP contribution in [0.4, 0.5) is 27.6 Å². The quantitative estimate of drug-likeness (QED) is 0.296. The fourth-order valence-electron chi connectivity index (χ4n) is 3.35. The first-order valence-electron chi connectivity index (χ1n) is 11.4. The molecule has 0 aliphatic carbocycles. The maximum absolute atomic E-state index is 13.8. The molecule has 0 saturated carbocycles. The van der Waals surface area contributed by atoms with Crippen molar-refractivity contribution in [2.75, 3.05) is 11.9 Å². The number of rotatable bonds is 8. The molecule has 14 heteroatoms. The molecule has 2 aromatic heterocycles. The zero-order valence-corrected chi connectivity index (χ0v) is 20.1. The molecule has 2 heterocycles. The lowest BCUT2D eigenvalue weighted by molar-refractivity contribution is -0.143. The van der Waals surface area contributed by atoms with Crippen LogP contribution in [0.5, 0.6) is 11.5 Å². The van der Waals surface area contributed by atoms with Crippen LogP contribution >= 0.6 is 0 Å². The molecule has 4 rings (SSSR count). The van der Waals surface area contributed by atoms with Crippen molar-refractivity contribution in [1.29, 1.82) is 0 Å². The van der Waals surface area contributed by atoms with Gasteiger partial charge in [-0.05, 0) is 48.9 Å². The van der Waals surface area contributed by atoms with Gasteiger partial charge in [0.2, 0.25) is 0 Å². The summed E-state index contributed by atoms with van der Waals surface area (Å²) >= 11 is 0. The number of nitrogens with zero attached hydrogens (tertiary/aromatic N) is 4. The van der Waals surface area contributed by atoms with E-state index in [1.807, 2.05) is 6.92 Å². The Kier molecular flexibility index (Phi) is 7.83. The van der Waals surface area contributed by atoms with Crippen LogP contribution in [0, 0.1) is 11.6 Å². The van der Waals surface area contributed by atoms with E-state index < -0.39 is 40.8 Å². The van der Waals surface area contributed by atoms with Crippen LogP contribution in [0.1, 0.15) is 40.0 Å². The van der Waals surface area contributed by atoms with Gasteiger partial charge in [-0.2, -0.15) is 13.2 Å². The Bertz CT molecular complexity index is 1510. The van der Waals surface area contributed by atoms with Gasteiger partial charge >= 0.3 is 6.18 Å². The van der Waals surface area contributed by atoms with Crippen LogP contribution in [0.3, 0.4) is 0 Å². The highest BCUT2D eigenvalue weighted by Crippen LogP contribution is 2.33. The molecule has 202 valence electrons. The average molecular weight is 546 g/mol. The van der Waals surface area contributed by atoms with E-state index in [2.05, 4.69) is 25.9 Å². The first-order valence-corrected chi connectivity index (χ1v) is 11.4. The van der Waals surface area contributed by atoms with Crippen molar-refractivity contribution in [3.05, 3.63) is 89.5 Å². The number of ether oxygens (including phenoxy) is 1. The average Bonchev–Trinajstić information content (AvgIpc) is 3.36.